The Hall–Kier alpha value is -11.5. The number of ether oxygens (including phenoxy) is 2. The molecule has 2 unspecified atom stereocenters. The molecule has 2 atom stereocenters. The molecule has 0 fully saturated rings. The lowest BCUT2D eigenvalue weighted by Gasteiger charge is -2.27. The number of hydrogen-bond acceptors (Lipinski definition) is 14. The van der Waals surface area contributed by atoms with E-state index in [4.69, 9.17) is 39.7 Å². The molecule has 6 N–H and O–H groups in total. The molecule has 28 heteroatoms. The first kappa shape index (κ1) is 61.3. The predicted molar refractivity (Wildman–Crippen MR) is 342 cm³/mol. The first-order chi connectivity index (χ1) is 44.7. The maximum absolute atomic E-state index is 14.9. The summed E-state index contributed by atoms with van der Waals surface area (Å²) in [5, 5.41) is 6.32. The van der Waals surface area contributed by atoms with Crippen molar-refractivity contribution in [1.82, 2.24) is 29.7 Å². The molecule has 2 aliphatic heterocycles. The van der Waals surface area contributed by atoms with Crippen molar-refractivity contribution in [2.24, 2.45) is 11.5 Å². The Labute approximate surface area is 530 Å². The fraction of sp³-hybridized carbons (Fsp3) is 0.121. The van der Waals surface area contributed by atoms with E-state index in [1.165, 1.54) is 122 Å². The number of carbonyl (C=O) groups excluding carboxylic acids is 4. The summed E-state index contributed by atoms with van der Waals surface area (Å²) in [6, 6.07) is 35.1. The van der Waals surface area contributed by atoms with E-state index in [-0.39, 0.29) is 90.2 Å². The second-order valence-corrected chi connectivity index (χ2v) is 26.0. The summed E-state index contributed by atoms with van der Waals surface area (Å²) in [4.78, 5) is 61.1. The highest BCUT2D eigenvalue weighted by Gasteiger charge is 2.37. The van der Waals surface area contributed by atoms with E-state index in [0.29, 0.717) is 55.4 Å². The van der Waals surface area contributed by atoms with Crippen LogP contribution in [0.3, 0.4) is 0 Å². The number of anilines is 2. The molecular weight excluding hydrogens is 1260 g/mol. The molecule has 0 saturated carbocycles. The maximum atomic E-state index is 14.9. The molecular formula is C66H50F4N10O12S2. The number of rotatable bonds is 12. The number of nitrogens with one attached hydrogen (secondary N) is 2. The molecule has 14 rings (SSSR count). The monoisotopic (exact) mass is 1310 g/mol. The largest absolute Gasteiger partial charge is 0.458 e. The summed E-state index contributed by atoms with van der Waals surface area (Å²) in [6.07, 6.45) is -0.486. The molecule has 6 aromatic heterocycles. The number of fused-ring (bicyclic) bond motifs is 12. The van der Waals surface area contributed by atoms with Crippen molar-refractivity contribution in [2.75, 3.05) is 49.3 Å². The Balaban J connectivity index is 0.000000171. The van der Waals surface area contributed by atoms with E-state index in [1.807, 2.05) is 0 Å². The van der Waals surface area contributed by atoms with Crippen LogP contribution in [0.25, 0.3) is 112 Å². The summed E-state index contributed by atoms with van der Waals surface area (Å²) >= 11 is 0. The third-order valence-electron chi connectivity index (χ3n) is 16.3. The van der Waals surface area contributed by atoms with Crippen molar-refractivity contribution in [1.29, 1.82) is 0 Å². The number of amides is 4. The zero-order valence-corrected chi connectivity index (χ0v) is 51.7. The first-order valence-electron chi connectivity index (χ1n) is 28.3. The van der Waals surface area contributed by atoms with Crippen LogP contribution in [0, 0.1) is 23.3 Å². The van der Waals surface area contributed by atoms with E-state index >= 15 is 0 Å². The van der Waals surface area contributed by atoms with Gasteiger partial charge in [0, 0.05) is 84.1 Å². The van der Waals surface area contributed by atoms with Gasteiger partial charge in [0.05, 0.1) is 68.8 Å². The van der Waals surface area contributed by atoms with Gasteiger partial charge in [0.2, 0.25) is 20.0 Å². The Morgan fingerprint density at radius 3 is 1.22 bits per heavy atom. The van der Waals surface area contributed by atoms with Crippen LogP contribution in [0.2, 0.25) is 0 Å². The Morgan fingerprint density at radius 1 is 0.511 bits per heavy atom. The average Bonchev–Trinajstić information content (AvgIpc) is 1.49. The highest BCUT2D eigenvalue weighted by Crippen LogP contribution is 2.48. The fourth-order valence-electron chi connectivity index (χ4n) is 11.6. The number of hydrogen-bond donors (Lipinski definition) is 4. The van der Waals surface area contributed by atoms with Crippen molar-refractivity contribution < 1.29 is 71.9 Å². The van der Waals surface area contributed by atoms with Crippen LogP contribution in [0.5, 0.6) is 11.5 Å². The standard InChI is InChI=1S/2C33H25F2N5O6S/c2*1-37-32(42)28-20-13-19(24(39(2)47(3,43)44)15-27(20)45-30(28)16-7-9-17(34)10-8-16)22-11-12-26-29(38-22)25-14-18-21(35)5-4-6-23(18)40(25)33(46-26)31(36)41/h2*4-15,33H,1-3H3,(H2,36,41)(H,37,42). The van der Waals surface area contributed by atoms with Gasteiger partial charge in [0.15, 0.2) is 11.5 Å². The van der Waals surface area contributed by atoms with Crippen molar-refractivity contribution in [2.45, 2.75) is 12.5 Å². The van der Waals surface area contributed by atoms with Gasteiger partial charge in [0.1, 0.15) is 57.3 Å². The minimum absolute atomic E-state index is 0.144. The molecule has 22 nitrogen and oxygen atoms in total. The zero-order valence-electron chi connectivity index (χ0n) is 50.1. The minimum Gasteiger partial charge on any atom is -0.458 e. The van der Waals surface area contributed by atoms with Crippen LogP contribution >= 0.6 is 0 Å². The number of pyridine rings is 2. The van der Waals surface area contributed by atoms with Crippen LogP contribution in [0.4, 0.5) is 28.9 Å². The van der Waals surface area contributed by atoms with Gasteiger partial charge < -0.3 is 40.4 Å². The normalized spacial score (nSPS) is 14.0. The van der Waals surface area contributed by atoms with E-state index < -0.39 is 79.4 Å². The van der Waals surface area contributed by atoms with Crippen LogP contribution < -0.4 is 40.2 Å². The smallest absolute Gasteiger partial charge is 0.280 e. The molecule has 0 saturated heterocycles. The number of furan rings is 2. The number of halogens is 4. The molecule has 8 heterocycles. The zero-order chi connectivity index (χ0) is 66.7. The van der Waals surface area contributed by atoms with Crippen LogP contribution in [0.15, 0.2) is 154 Å². The molecule has 0 bridgehead atoms. The Kier molecular flexibility index (Phi) is 14.8. The van der Waals surface area contributed by atoms with Gasteiger partial charge in [0.25, 0.3) is 36.1 Å². The second-order valence-electron chi connectivity index (χ2n) is 22.0. The maximum Gasteiger partial charge on any atom is 0.280 e. The van der Waals surface area contributed by atoms with Crippen LogP contribution in [-0.2, 0) is 29.6 Å². The lowest BCUT2D eigenvalue weighted by Crippen LogP contribution is -2.33. The molecule has 94 heavy (non-hydrogen) atoms. The van der Waals surface area contributed by atoms with Gasteiger partial charge >= 0.3 is 0 Å². The molecule has 0 aliphatic carbocycles. The van der Waals surface area contributed by atoms with Gasteiger partial charge in [-0.3, -0.25) is 36.9 Å². The highest BCUT2D eigenvalue weighted by atomic mass is 32.2. The number of aromatic nitrogens is 4. The van der Waals surface area contributed by atoms with Crippen molar-refractivity contribution >= 4 is 98.8 Å². The van der Waals surface area contributed by atoms with E-state index in [9.17, 15) is 53.6 Å². The highest BCUT2D eigenvalue weighted by molar-refractivity contribution is 7.92. The number of carbonyl (C=O) groups is 4. The van der Waals surface area contributed by atoms with E-state index in [2.05, 4.69) is 10.6 Å². The summed E-state index contributed by atoms with van der Waals surface area (Å²) in [5.74, 6) is -3.88. The quantitative estimate of drug-likeness (QED) is 0.0827. The predicted octanol–water partition coefficient (Wildman–Crippen LogP) is 10.4. The molecule has 0 radical (unpaired) electrons. The molecule has 4 amide bonds. The number of sulfonamides is 2. The second kappa shape index (κ2) is 22.7. The molecule has 0 spiro atoms. The van der Waals surface area contributed by atoms with Crippen molar-refractivity contribution in [3.63, 3.8) is 0 Å². The van der Waals surface area contributed by atoms with Gasteiger partial charge in [-0.1, -0.05) is 12.1 Å². The van der Waals surface area contributed by atoms with Gasteiger partial charge in [-0.2, -0.15) is 0 Å². The average molecular weight is 1320 g/mol. The molecule has 2 aliphatic rings. The van der Waals surface area contributed by atoms with Gasteiger partial charge in [-0.15, -0.1) is 0 Å². The Bertz CT molecular complexity index is 5140. The number of nitrogens with zero attached hydrogens (tertiary/aromatic N) is 6. The number of benzene rings is 6. The summed E-state index contributed by atoms with van der Waals surface area (Å²) in [6.45, 7) is 0. The fourth-order valence-corrected chi connectivity index (χ4v) is 12.6. The van der Waals surface area contributed by atoms with Gasteiger partial charge in [-0.05, 0) is 121 Å². The van der Waals surface area contributed by atoms with Crippen molar-refractivity contribution in [3.05, 3.63) is 180 Å². The van der Waals surface area contributed by atoms with E-state index in [1.54, 1.807) is 60.7 Å². The lowest BCUT2D eigenvalue weighted by molar-refractivity contribution is -0.129. The molecule has 476 valence electrons. The number of primary amides is 2. The minimum atomic E-state index is -3.82. The third kappa shape index (κ3) is 10.3. The number of nitrogens with two attached hydrogens (primary N) is 2. The lowest BCUT2D eigenvalue weighted by atomic mass is 10.0. The van der Waals surface area contributed by atoms with Gasteiger partial charge in [-0.25, -0.2) is 44.4 Å². The first-order valence-corrected chi connectivity index (χ1v) is 32.0. The van der Waals surface area contributed by atoms with Crippen molar-refractivity contribution in [3.8, 4) is 79.4 Å². The SMILES string of the molecule is CNC(=O)c1c(-c2ccc(F)cc2)oc2cc(N(C)S(C)(=O)=O)c(-c3ccc4c(n3)-c3cc5c(F)cccc5n3C(C(N)=O)O4)cc12.CNC(=O)c1c(-c2ccc(F)cc2)oc2cc(N(C)S(C)(=O)=O)c(-c3ccc4c(n3)-c3cc5c(F)cccc5n3C(C(N)=O)O4)cc12. The van der Waals surface area contributed by atoms with Crippen LogP contribution in [-0.4, -0.2) is 100 Å². The topological polar surface area (TPSA) is 300 Å². The summed E-state index contributed by atoms with van der Waals surface area (Å²) in [5.41, 5.74) is 16.3. The summed E-state index contributed by atoms with van der Waals surface area (Å²) in [7, 11) is -2.01. The molecule has 6 aromatic carbocycles. The van der Waals surface area contributed by atoms with E-state index in [0.717, 1.165) is 21.1 Å². The molecule has 12 aromatic rings. The summed E-state index contributed by atoms with van der Waals surface area (Å²) < 4.78 is 138. The van der Waals surface area contributed by atoms with Crippen LogP contribution in [0.1, 0.15) is 33.2 Å². The Morgan fingerprint density at radius 2 is 0.883 bits per heavy atom. The third-order valence-corrected chi connectivity index (χ3v) is 18.6.